The Labute approximate surface area is 127 Å². The van der Waals surface area contributed by atoms with Crippen LogP contribution in [0.4, 0.5) is 22.0 Å². The first-order chi connectivity index (χ1) is 10.5. The van der Waals surface area contributed by atoms with Gasteiger partial charge < -0.3 is 9.84 Å². The molecule has 10 heteroatoms. The van der Waals surface area contributed by atoms with Gasteiger partial charge in [-0.1, -0.05) is 0 Å². The highest BCUT2D eigenvalue weighted by Crippen LogP contribution is 2.40. The Hall–Kier alpha value is -2.23. The molecule has 0 aromatic heterocycles. The van der Waals surface area contributed by atoms with Crippen molar-refractivity contribution in [3.05, 3.63) is 29.8 Å². The third kappa shape index (κ3) is 3.26. The van der Waals surface area contributed by atoms with Crippen LogP contribution in [0.25, 0.3) is 0 Å². The molecule has 0 saturated heterocycles. The van der Waals surface area contributed by atoms with Crippen LogP contribution in [0.15, 0.2) is 29.4 Å². The van der Waals surface area contributed by atoms with E-state index in [9.17, 15) is 31.9 Å². The third-order valence-electron chi connectivity index (χ3n) is 3.10. The number of hydrazone groups is 1. The van der Waals surface area contributed by atoms with Crippen LogP contribution >= 0.6 is 0 Å². The van der Waals surface area contributed by atoms with Gasteiger partial charge in [-0.2, -0.15) is 32.1 Å². The van der Waals surface area contributed by atoms with Crippen molar-refractivity contribution in [3.63, 3.8) is 0 Å². The summed E-state index contributed by atoms with van der Waals surface area (Å²) in [5.41, 5.74) is -3.78. The van der Waals surface area contributed by atoms with Crippen molar-refractivity contribution >= 4 is 11.6 Å². The fraction of sp³-hybridized carbons (Fsp3) is 0.385. The Morgan fingerprint density at radius 2 is 1.91 bits per heavy atom. The Bertz CT molecular complexity index is 629. The number of carbonyl (C=O) groups is 1. The van der Waals surface area contributed by atoms with E-state index in [4.69, 9.17) is 0 Å². The summed E-state index contributed by atoms with van der Waals surface area (Å²) in [4.78, 5) is 12.2. The van der Waals surface area contributed by atoms with Crippen LogP contribution < -0.4 is 4.74 Å². The van der Waals surface area contributed by atoms with Gasteiger partial charge in [0.05, 0.1) is 0 Å². The highest BCUT2D eigenvalue weighted by Gasteiger charge is 2.62. The molecule has 1 aromatic carbocycles. The van der Waals surface area contributed by atoms with Crippen molar-refractivity contribution in [2.24, 2.45) is 5.10 Å². The largest absolute Gasteiger partial charge is 0.438 e. The molecule has 126 valence electrons. The SMILES string of the molecule is CC1=NN(C(=O)c2ccc(OC(F)F)cc2)[C@](O)(C(F)(F)F)C1. The summed E-state index contributed by atoms with van der Waals surface area (Å²) in [6, 6.07) is 4.00. The van der Waals surface area contributed by atoms with Crippen molar-refractivity contribution in [1.29, 1.82) is 0 Å². The summed E-state index contributed by atoms with van der Waals surface area (Å²) < 4.78 is 67.2. The van der Waals surface area contributed by atoms with Gasteiger partial charge in [-0.25, -0.2) is 0 Å². The number of aliphatic hydroxyl groups is 1. The molecular formula is C13H11F5N2O3. The summed E-state index contributed by atoms with van der Waals surface area (Å²) in [5, 5.41) is 13.2. The van der Waals surface area contributed by atoms with E-state index >= 15 is 0 Å². The highest BCUT2D eigenvalue weighted by atomic mass is 19.4. The predicted molar refractivity (Wildman–Crippen MR) is 68.0 cm³/mol. The predicted octanol–water partition coefficient (Wildman–Crippen LogP) is 2.76. The second kappa shape index (κ2) is 5.76. The van der Waals surface area contributed by atoms with E-state index < -0.39 is 30.8 Å². The maximum absolute atomic E-state index is 13.0. The quantitative estimate of drug-likeness (QED) is 0.862. The third-order valence-corrected chi connectivity index (χ3v) is 3.10. The standard InChI is InChI=1S/C13H11F5N2O3/c1-7-6-12(22,13(16,17)18)20(19-7)10(21)8-2-4-9(5-3-8)23-11(14)15/h2-5,11,22H,6H2,1H3/t12-/m1/s1. The van der Waals surface area contributed by atoms with Crippen LogP contribution in [0.5, 0.6) is 5.75 Å². The minimum absolute atomic E-state index is 0.0503. The van der Waals surface area contributed by atoms with E-state index in [1.54, 1.807) is 0 Å². The number of benzene rings is 1. The Morgan fingerprint density at radius 1 is 1.35 bits per heavy atom. The second-order valence-corrected chi connectivity index (χ2v) is 4.85. The van der Waals surface area contributed by atoms with Gasteiger partial charge in [-0.15, -0.1) is 0 Å². The maximum Gasteiger partial charge on any atom is 0.438 e. The molecular weight excluding hydrogens is 327 g/mol. The molecule has 1 aliphatic rings. The first kappa shape index (κ1) is 17.1. The van der Waals surface area contributed by atoms with E-state index in [0.717, 1.165) is 24.3 Å². The highest BCUT2D eigenvalue weighted by molar-refractivity contribution is 5.97. The number of halogens is 5. The minimum atomic E-state index is -5.11. The number of rotatable bonds is 3. The smallest absolute Gasteiger partial charge is 0.435 e. The lowest BCUT2D eigenvalue weighted by Gasteiger charge is -2.32. The molecule has 0 spiro atoms. The van der Waals surface area contributed by atoms with Gasteiger partial charge in [-0.3, -0.25) is 4.79 Å². The molecule has 0 unspecified atom stereocenters. The number of ether oxygens (including phenoxy) is 1. The molecule has 5 nitrogen and oxygen atoms in total. The van der Waals surface area contributed by atoms with Crippen LogP contribution in [0.1, 0.15) is 23.7 Å². The van der Waals surface area contributed by atoms with Crippen LogP contribution in [0.3, 0.4) is 0 Å². The average Bonchev–Trinajstić information content (AvgIpc) is 2.74. The molecule has 0 bridgehead atoms. The van der Waals surface area contributed by atoms with Gasteiger partial charge in [0, 0.05) is 17.7 Å². The van der Waals surface area contributed by atoms with Crippen LogP contribution in [0, 0.1) is 0 Å². The summed E-state index contributed by atoms with van der Waals surface area (Å²) in [6.07, 6.45) is -5.97. The number of carbonyl (C=O) groups excluding carboxylic acids is 1. The van der Waals surface area contributed by atoms with Crippen molar-refractivity contribution in [2.75, 3.05) is 0 Å². The minimum Gasteiger partial charge on any atom is -0.435 e. The molecule has 23 heavy (non-hydrogen) atoms. The number of amides is 1. The summed E-state index contributed by atoms with van der Waals surface area (Å²) in [6.45, 7) is -1.83. The van der Waals surface area contributed by atoms with E-state index in [2.05, 4.69) is 9.84 Å². The van der Waals surface area contributed by atoms with E-state index in [-0.39, 0.29) is 22.0 Å². The molecule has 1 heterocycles. The van der Waals surface area contributed by atoms with Gasteiger partial charge in [-0.05, 0) is 31.2 Å². The normalized spacial score (nSPS) is 21.6. The molecule has 0 saturated carbocycles. The van der Waals surface area contributed by atoms with Gasteiger partial charge in [0.2, 0.25) is 0 Å². The summed E-state index contributed by atoms with van der Waals surface area (Å²) >= 11 is 0. The number of hydrogen-bond acceptors (Lipinski definition) is 4. The summed E-state index contributed by atoms with van der Waals surface area (Å²) in [7, 11) is 0. The molecule has 1 N–H and O–H groups in total. The fourth-order valence-electron chi connectivity index (χ4n) is 2.06. The monoisotopic (exact) mass is 338 g/mol. The lowest BCUT2D eigenvalue weighted by atomic mass is 10.1. The molecule has 2 rings (SSSR count). The maximum atomic E-state index is 13.0. The molecule has 0 aliphatic carbocycles. The molecule has 0 fully saturated rings. The second-order valence-electron chi connectivity index (χ2n) is 4.85. The molecule has 1 aromatic rings. The van der Waals surface area contributed by atoms with Crippen molar-refractivity contribution < 1.29 is 36.6 Å². The first-order valence-electron chi connectivity index (χ1n) is 6.27. The summed E-state index contributed by atoms with van der Waals surface area (Å²) in [5.74, 6) is -1.48. The number of hydrogen-bond donors (Lipinski definition) is 1. The van der Waals surface area contributed by atoms with Gasteiger partial charge in [0.15, 0.2) is 0 Å². The van der Waals surface area contributed by atoms with E-state index in [0.29, 0.717) is 0 Å². The van der Waals surface area contributed by atoms with Crippen molar-refractivity contribution in [3.8, 4) is 5.75 Å². The number of alkyl halides is 5. The van der Waals surface area contributed by atoms with E-state index in [1.165, 1.54) is 6.92 Å². The zero-order valence-electron chi connectivity index (χ0n) is 11.6. The zero-order valence-corrected chi connectivity index (χ0v) is 11.6. The molecule has 1 amide bonds. The number of nitrogens with zero attached hydrogens (tertiary/aromatic N) is 2. The average molecular weight is 338 g/mol. The Kier molecular flexibility index (Phi) is 4.29. The van der Waals surface area contributed by atoms with Crippen molar-refractivity contribution in [2.45, 2.75) is 31.9 Å². The fourth-order valence-corrected chi connectivity index (χ4v) is 2.06. The molecule has 1 aliphatic heterocycles. The lowest BCUT2D eigenvalue weighted by molar-refractivity contribution is -0.297. The Morgan fingerprint density at radius 3 is 2.39 bits per heavy atom. The van der Waals surface area contributed by atoms with E-state index in [1.807, 2.05) is 0 Å². The molecule has 1 atom stereocenters. The van der Waals surface area contributed by atoms with Gasteiger partial charge in [0.1, 0.15) is 5.75 Å². The first-order valence-corrected chi connectivity index (χ1v) is 6.27. The van der Waals surface area contributed by atoms with Crippen LogP contribution in [0.2, 0.25) is 0 Å². The van der Waals surface area contributed by atoms with Crippen molar-refractivity contribution in [1.82, 2.24) is 5.01 Å². The van der Waals surface area contributed by atoms with Crippen LogP contribution in [-0.4, -0.2) is 40.2 Å². The molecule has 0 radical (unpaired) electrons. The topological polar surface area (TPSA) is 62.1 Å². The van der Waals surface area contributed by atoms with Gasteiger partial charge >= 0.3 is 12.8 Å². The zero-order chi connectivity index (χ0) is 17.4. The lowest BCUT2D eigenvalue weighted by Crippen LogP contribution is -2.56. The Balaban J connectivity index is 2.28. The van der Waals surface area contributed by atoms with Gasteiger partial charge in [0.25, 0.3) is 11.6 Å². The van der Waals surface area contributed by atoms with Crippen LogP contribution in [-0.2, 0) is 0 Å².